The van der Waals surface area contributed by atoms with E-state index in [-0.39, 0.29) is 11.6 Å². The summed E-state index contributed by atoms with van der Waals surface area (Å²) in [5.41, 5.74) is 4.58. The van der Waals surface area contributed by atoms with Crippen LogP contribution in [0, 0.1) is 17.7 Å². The Morgan fingerprint density at radius 3 is 2.41 bits per heavy atom. The van der Waals surface area contributed by atoms with Crippen molar-refractivity contribution in [3.63, 3.8) is 0 Å². The number of aromatic nitrogens is 1. The lowest BCUT2D eigenvalue weighted by molar-refractivity contribution is -0.927. The van der Waals surface area contributed by atoms with Gasteiger partial charge in [-0.15, -0.1) is 0 Å². The van der Waals surface area contributed by atoms with Crippen molar-refractivity contribution in [2.45, 2.75) is 52.1 Å². The molecule has 4 aromatic rings. The molecule has 0 amide bonds. The number of carbonyl (C=O) groups excluding carboxylic acids is 1. The Bertz CT molecular complexity index is 1510. The van der Waals surface area contributed by atoms with Crippen LogP contribution in [0.15, 0.2) is 72.9 Å². The lowest BCUT2D eigenvalue weighted by Gasteiger charge is -2.23. The zero-order valence-corrected chi connectivity index (χ0v) is 23.9. The number of hydrogen-bond acceptors (Lipinski definition) is 4. The Hall–Kier alpha value is -3.77. The van der Waals surface area contributed by atoms with Crippen molar-refractivity contribution in [3.8, 4) is 22.6 Å². The van der Waals surface area contributed by atoms with Gasteiger partial charge in [0, 0.05) is 41.5 Å². The van der Waals surface area contributed by atoms with Crippen LogP contribution in [0.1, 0.15) is 55.5 Å². The first-order chi connectivity index (χ1) is 20.0. The van der Waals surface area contributed by atoms with Gasteiger partial charge in [-0.1, -0.05) is 30.3 Å². The van der Waals surface area contributed by atoms with Crippen LogP contribution in [0.2, 0.25) is 0 Å². The first-order valence-electron chi connectivity index (χ1n) is 14.9. The molecule has 1 aliphatic carbocycles. The van der Waals surface area contributed by atoms with Gasteiger partial charge in [0.15, 0.2) is 5.78 Å². The summed E-state index contributed by atoms with van der Waals surface area (Å²) in [5, 5.41) is 1.02. The molecule has 1 aromatic heterocycles. The lowest BCUT2D eigenvalue weighted by atomic mass is 9.87. The van der Waals surface area contributed by atoms with Crippen LogP contribution < -0.4 is 14.4 Å². The minimum atomic E-state index is -0.265. The molecule has 41 heavy (non-hydrogen) atoms. The van der Waals surface area contributed by atoms with Gasteiger partial charge < -0.3 is 14.4 Å². The Balaban J connectivity index is 1.18. The molecule has 0 spiro atoms. The Kier molecular flexibility index (Phi) is 8.02. The third kappa shape index (κ3) is 5.71. The fourth-order valence-corrected chi connectivity index (χ4v) is 7.13. The number of nitrogens with zero attached hydrogens (tertiary/aromatic N) is 1. The number of Topliss-reactive ketones (excluding diaryl/α,β-unsaturated/α-hetero) is 1. The highest BCUT2D eigenvalue weighted by Gasteiger charge is 2.47. The lowest BCUT2D eigenvalue weighted by Crippen LogP contribution is -3.12. The van der Waals surface area contributed by atoms with Crippen molar-refractivity contribution in [1.82, 2.24) is 4.98 Å². The van der Waals surface area contributed by atoms with E-state index in [0.717, 1.165) is 71.4 Å². The third-order valence-electron chi connectivity index (χ3n) is 8.94. The molecule has 2 heterocycles. The number of halogens is 1. The predicted octanol–water partition coefficient (Wildman–Crippen LogP) is 6.29. The van der Waals surface area contributed by atoms with Crippen LogP contribution in [0.5, 0.6) is 11.5 Å². The van der Waals surface area contributed by atoms with Crippen molar-refractivity contribution in [2.24, 2.45) is 11.8 Å². The SMILES string of the molecule is CCOc1cc(C[NH+]2CC[C@H]3C(CC(=O)c4cnc5ccccc5c4)CC[C@H]32)cc(OCC)c1-c1ccc(F)cc1. The second kappa shape index (κ2) is 12.0. The molecular formula is C35H38FN2O3+. The summed E-state index contributed by atoms with van der Waals surface area (Å²) in [4.78, 5) is 19.4. The molecule has 1 aliphatic heterocycles. The van der Waals surface area contributed by atoms with E-state index in [0.29, 0.717) is 37.5 Å². The number of para-hydroxylation sites is 1. The Labute approximate surface area is 241 Å². The molecule has 1 saturated carbocycles. The Morgan fingerprint density at radius 1 is 0.951 bits per heavy atom. The molecule has 5 nitrogen and oxygen atoms in total. The van der Waals surface area contributed by atoms with Gasteiger partial charge in [-0.2, -0.15) is 0 Å². The molecule has 3 aromatic carbocycles. The second-order valence-electron chi connectivity index (χ2n) is 11.4. The molecule has 0 bridgehead atoms. The minimum absolute atomic E-state index is 0.210. The summed E-state index contributed by atoms with van der Waals surface area (Å²) in [7, 11) is 0. The molecular weight excluding hydrogens is 515 g/mol. The van der Waals surface area contributed by atoms with Crippen molar-refractivity contribution in [3.05, 3.63) is 89.9 Å². The molecule has 1 saturated heterocycles. The van der Waals surface area contributed by atoms with Crippen LogP contribution in [-0.2, 0) is 6.54 Å². The van der Waals surface area contributed by atoms with Gasteiger partial charge in [0.2, 0.25) is 0 Å². The summed E-state index contributed by atoms with van der Waals surface area (Å²) in [6.45, 7) is 7.02. The number of ketones is 1. The molecule has 2 fully saturated rings. The number of pyridine rings is 1. The maximum absolute atomic E-state index is 13.7. The monoisotopic (exact) mass is 553 g/mol. The standard InChI is InChI=1S/C35H37FN2O3/c1-3-40-33-17-23(18-34(41-4-2)35(33)24-9-12-28(36)13-10-24)22-38-16-15-29-25(11-14-31(29)38)20-32(39)27-19-26-7-5-6-8-30(26)37-21-27/h5-10,12-13,17-19,21,25,29,31H,3-4,11,14-16,20,22H2,1-2H3/p+1/t25?,29-,31+/m0/s1. The van der Waals surface area contributed by atoms with Crippen molar-refractivity contribution in [2.75, 3.05) is 19.8 Å². The summed E-state index contributed by atoms with van der Waals surface area (Å²) in [6, 6.07) is 21.3. The first-order valence-corrected chi connectivity index (χ1v) is 14.9. The fourth-order valence-electron chi connectivity index (χ4n) is 7.13. The summed E-state index contributed by atoms with van der Waals surface area (Å²) in [6.07, 6.45) is 5.74. The molecule has 1 N–H and O–H groups in total. The van der Waals surface area contributed by atoms with Gasteiger partial charge in [0.25, 0.3) is 0 Å². The van der Waals surface area contributed by atoms with Gasteiger partial charge in [-0.3, -0.25) is 9.78 Å². The number of nitrogens with one attached hydrogen (secondary N) is 1. The number of likely N-dealkylation sites (tertiary alicyclic amines) is 1. The van der Waals surface area contributed by atoms with E-state index in [1.54, 1.807) is 23.2 Å². The normalized spacial score (nSPS) is 21.6. The Morgan fingerprint density at radius 2 is 1.68 bits per heavy atom. The average Bonchev–Trinajstić information content (AvgIpc) is 3.57. The van der Waals surface area contributed by atoms with Crippen molar-refractivity contribution in [1.29, 1.82) is 0 Å². The summed E-state index contributed by atoms with van der Waals surface area (Å²) in [5.74, 6) is 2.48. The van der Waals surface area contributed by atoms with Gasteiger partial charge in [-0.05, 0) is 74.6 Å². The molecule has 4 atom stereocenters. The number of hydrogen-bond donors (Lipinski definition) is 1. The predicted molar refractivity (Wildman–Crippen MR) is 159 cm³/mol. The highest BCUT2D eigenvalue weighted by molar-refractivity contribution is 5.98. The van der Waals surface area contributed by atoms with Crippen LogP contribution in [0.3, 0.4) is 0 Å². The van der Waals surface area contributed by atoms with E-state index >= 15 is 0 Å². The highest BCUT2D eigenvalue weighted by Crippen LogP contribution is 2.41. The smallest absolute Gasteiger partial charge is 0.164 e. The van der Waals surface area contributed by atoms with E-state index in [1.165, 1.54) is 17.7 Å². The van der Waals surface area contributed by atoms with Crippen LogP contribution in [0.4, 0.5) is 4.39 Å². The number of rotatable bonds is 10. The highest BCUT2D eigenvalue weighted by atomic mass is 19.1. The number of ether oxygens (including phenoxy) is 2. The van der Waals surface area contributed by atoms with Gasteiger partial charge in [-0.25, -0.2) is 4.39 Å². The molecule has 6 heteroatoms. The third-order valence-corrected chi connectivity index (χ3v) is 8.94. The van der Waals surface area contributed by atoms with Gasteiger partial charge in [0.1, 0.15) is 23.9 Å². The van der Waals surface area contributed by atoms with Crippen LogP contribution in [0.25, 0.3) is 22.0 Å². The summed E-state index contributed by atoms with van der Waals surface area (Å²) < 4.78 is 25.9. The minimum Gasteiger partial charge on any atom is -0.493 e. The summed E-state index contributed by atoms with van der Waals surface area (Å²) >= 11 is 0. The first kappa shape index (κ1) is 27.4. The maximum atomic E-state index is 13.7. The molecule has 2 aliphatic rings. The number of quaternary nitrogens is 1. The van der Waals surface area contributed by atoms with Gasteiger partial charge in [0.05, 0.1) is 36.9 Å². The van der Waals surface area contributed by atoms with E-state index in [2.05, 4.69) is 17.1 Å². The number of benzene rings is 3. The maximum Gasteiger partial charge on any atom is 0.164 e. The number of carbonyl (C=O) groups is 1. The van der Waals surface area contributed by atoms with E-state index in [9.17, 15) is 9.18 Å². The molecule has 212 valence electrons. The molecule has 6 rings (SSSR count). The largest absolute Gasteiger partial charge is 0.493 e. The van der Waals surface area contributed by atoms with E-state index in [4.69, 9.17) is 9.47 Å². The molecule has 0 radical (unpaired) electrons. The second-order valence-corrected chi connectivity index (χ2v) is 11.4. The van der Waals surface area contributed by atoms with Gasteiger partial charge >= 0.3 is 0 Å². The van der Waals surface area contributed by atoms with Crippen molar-refractivity contribution >= 4 is 16.7 Å². The van der Waals surface area contributed by atoms with Crippen LogP contribution in [-0.4, -0.2) is 36.6 Å². The quantitative estimate of drug-likeness (QED) is 0.235. The number of fused-ring (bicyclic) bond motifs is 2. The van der Waals surface area contributed by atoms with E-state index in [1.807, 2.05) is 44.2 Å². The average molecular weight is 554 g/mol. The fraction of sp³-hybridized carbons (Fsp3) is 0.371. The molecule has 2 unspecified atom stereocenters. The van der Waals surface area contributed by atoms with Crippen molar-refractivity contribution < 1.29 is 23.6 Å². The zero-order valence-electron chi connectivity index (χ0n) is 23.9. The topological polar surface area (TPSA) is 52.9 Å². The zero-order chi connectivity index (χ0) is 28.3. The van der Waals surface area contributed by atoms with Crippen LogP contribution >= 0.6 is 0 Å². The van der Waals surface area contributed by atoms with E-state index < -0.39 is 0 Å².